The van der Waals surface area contributed by atoms with Gasteiger partial charge in [-0.25, -0.2) is 14.5 Å². The minimum atomic E-state index is -0.217. The fourth-order valence-corrected chi connectivity index (χ4v) is 3.48. The Bertz CT molecular complexity index is 768. The number of nitrogens with zero attached hydrogens (tertiary/aromatic N) is 4. The van der Waals surface area contributed by atoms with Crippen molar-refractivity contribution in [1.29, 1.82) is 0 Å². The van der Waals surface area contributed by atoms with Gasteiger partial charge in [-0.15, -0.1) is 0 Å². The van der Waals surface area contributed by atoms with Crippen LogP contribution in [0.3, 0.4) is 0 Å². The van der Waals surface area contributed by atoms with Crippen LogP contribution in [0.1, 0.15) is 48.2 Å². The number of morpholine rings is 1. The Balaban J connectivity index is 1.43. The Morgan fingerprint density at radius 2 is 2.20 bits per heavy atom. The van der Waals surface area contributed by atoms with Gasteiger partial charge in [0.1, 0.15) is 29.3 Å². The molecule has 8 nitrogen and oxygen atoms in total. The van der Waals surface area contributed by atoms with Crippen molar-refractivity contribution in [3.63, 3.8) is 0 Å². The van der Waals surface area contributed by atoms with Crippen LogP contribution in [0.5, 0.6) is 0 Å². The number of carbonyl (C=O) groups is 1. The normalized spacial score (nSPS) is 23.4. The zero-order valence-electron chi connectivity index (χ0n) is 14.6. The third-order valence-corrected chi connectivity index (χ3v) is 4.71. The molecule has 0 radical (unpaired) electrons. The summed E-state index contributed by atoms with van der Waals surface area (Å²) < 4.78 is 13.3. The lowest BCUT2D eigenvalue weighted by Gasteiger charge is -2.33. The summed E-state index contributed by atoms with van der Waals surface area (Å²) in [6.45, 7) is 6.19. The van der Waals surface area contributed by atoms with E-state index in [0.717, 1.165) is 42.6 Å². The average Bonchev–Trinajstić information content (AvgIpc) is 3.20. The van der Waals surface area contributed by atoms with Crippen LogP contribution in [-0.2, 0) is 11.3 Å². The van der Waals surface area contributed by atoms with E-state index in [-0.39, 0.29) is 18.2 Å². The molecular formula is C17H23N5O3. The molecule has 0 saturated carbocycles. The molecule has 0 aliphatic carbocycles. The molecule has 2 aromatic heterocycles. The third kappa shape index (κ3) is 3.26. The molecule has 1 saturated heterocycles. The topological polar surface area (TPSA) is 85.4 Å². The SMILES string of the molecule is Cc1nc2n(n1)CCC[C@@H]2NC(=O)N1CCO[C@H](c2ccc(C)o2)C1. The summed E-state index contributed by atoms with van der Waals surface area (Å²) in [7, 11) is 0. The van der Waals surface area contributed by atoms with Crippen LogP contribution >= 0.6 is 0 Å². The second-order valence-electron chi connectivity index (χ2n) is 6.64. The molecule has 2 amide bonds. The van der Waals surface area contributed by atoms with Crippen molar-refractivity contribution in [3.05, 3.63) is 35.3 Å². The number of hydrogen-bond donors (Lipinski definition) is 1. The fourth-order valence-electron chi connectivity index (χ4n) is 3.48. The van der Waals surface area contributed by atoms with Gasteiger partial charge in [-0.05, 0) is 38.8 Å². The van der Waals surface area contributed by atoms with Gasteiger partial charge < -0.3 is 19.4 Å². The number of nitrogens with one attached hydrogen (secondary N) is 1. The van der Waals surface area contributed by atoms with E-state index in [1.165, 1.54) is 0 Å². The number of fused-ring (bicyclic) bond motifs is 1. The molecule has 134 valence electrons. The summed E-state index contributed by atoms with van der Waals surface area (Å²) in [5.74, 6) is 3.21. The maximum absolute atomic E-state index is 12.7. The molecule has 0 unspecified atom stereocenters. The van der Waals surface area contributed by atoms with Gasteiger partial charge in [0.15, 0.2) is 0 Å². The van der Waals surface area contributed by atoms with E-state index < -0.39 is 0 Å². The van der Waals surface area contributed by atoms with Crippen molar-refractivity contribution >= 4 is 6.03 Å². The molecule has 8 heteroatoms. The molecule has 4 heterocycles. The van der Waals surface area contributed by atoms with Crippen LogP contribution < -0.4 is 5.32 Å². The molecule has 4 rings (SSSR count). The number of furan rings is 1. The van der Waals surface area contributed by atoms with Crippen molar-refractivity contribution < 1.29 is 13.9 Å². The van der Waals surface area contributed by atoms with Gasteiger partial charge in [0.25, 0.3) is 0 Å². The highest BCUT2D eigenvalue weighted by Gasteiger charge is 2.31. The van der Waals surface area contributed by atoms with E-state index in [0.29, 0.717) is 19.7 Å². The summed E-state index contributed by atoms with van der Waals surface area (Å²) in [4.78, 5) is 19.0. The molecule has 25 heavy (non-hydrogen) atoms. The summed E-state index contributed by atoms with van der Waals surface area (Å²) in [5, 5.41) is 7.50. The van der Waals surface area contributed by atoms with Gasteiger partial charge in [-0.3, -0.25) is 0 Å². The number of rotatable bonds is 2. The Morgan fingerprint density at radius 1 is 1.32 bits per heavy atom. The highest BCUT2D eigenvalue weighted by atomic mass is 16.5. The number of carbonyl (C=O) groups excluding carboxylic acids is 1. The first-order chi connectivity index (χ1) is 12.1. The van der Waals surface area contributed by atoms with E-state index in [4.69, 9.17) is 9.15 Å². The molecule has 2 atom stereocenters. The fraction of sp³-hybridized carbons (Fsp3) is 0.588. The van der Waals surface area contributed by atoms with Gasteiger partial charge >= 0.3 is 6.03 Å². The maximum atomic E-state index is 12.7. The van der Waals surface area contributed by atoms with Gasteiger partial charge in [0.2, 0.25) is 0 Å². The van der Waals surface area contributed by atoms with Crippen molar-refractivity contribution in [1.82, 2.24) is 25.0 Å². The number of urea groups is 1. The van der Waals surface area contributed by atoms with E-state index in [1.807, 2.05) is 30.7 Å². The highest BCUT2D eigenvalue weighted by molar-refractivity contribution is 5.74. The Hall–Kier alpha value is -2.35. The molecular weight excluding hydrogens is 322 g/mol. The lowest BCUT2D eigenvalue weighted by atomic mass is 10.1. The summed E-state index contributed by atoms with van der Waals surface area (Å²) >= 11 is 0. The monoisotopic (exact) mass is 345 g/mol. The van der Waals surface area contributed by atoms with Crippen LogP contribution in [0.15, 0.2) is 16.5 Å². The molecule has 0 bridgehead atoms. The molecule has 2 aliphatic rings. The van der Waals surface area contributed by atoms with Crippen LogP contribution in [0.4, 0.5) is 4.79 Å². The summed E-state index contributed by atoms with van der Waals surface area (Å²) in [6, 6.07) is 3.65. The minimum absolute atomic E-state index is 0.0873. The van der Waals surface area contributed by atoms with Crippen molar-refractivity contribution in [2.24, 2.45) is 0 Å². The molecule has 2 aromatic rings. The lowest BCUT2D eigenvalue weighted by Crippen LogP contribution is -2.48. The molecule has 1 N–H and O–H groups in total. The number of aromatic nitrogens is 3. The number of amides is 2. The first-order valence-electron chi connectivity index (χ1n) is 8.75. The van der Waals surface area contributed by atoms with Crippen molar-refractivity contribution in [3.8, 4) is 0 Å². The van der Waals surface area contributed by atoms with Crippen LogP contribution in [0.2, 0.25) is 0 Å². The van der Waals surface area contributed by atoms with E-state index in [1.54, 1.807) is 4.90 Å². The quantitative estimate of drug-likeness (QED) is 0.901. The Morgan fingerprint density at radius 3 is 3.00 bits per heavy atom. The second-order valence-corrected chi connectivity index (χ2v) is 6.64. The molecule has 0 spiro atoms. The van der Waals surface area contributed by atoms with Crippen molar-refractivity contribution in [2.45, 2.75) is 45.4 Å². The summed E-state index contributed by atoms with van der Waals surface area (Å²) in [5.41, 5.74) is 0. The van der Waals surface area contributed by atoms with Gasteiger partial charge in [-0.1, -0.05) is 0 Å². The van der Waals surface area contributed by atoms with Gasteiger partial charge in [0, 0.05) is 13.1 Å². The average molecular weight is 345 g/mol. The predicted octanol–water partition coefficient (Wildman–Crippen LogP) is 2.11. The Labute approximate surface area is 146 Å². The largest absolute Gasteiger partial charge is 0.464 e. The lowest BCUT2D eigenvalue weighted by molar-refractivity contribution is -0.0267. The van der Waals surface area contributed by atoms with Crippen LogP contribution in [-0.4, -0.2) is 45.4 Å². The van der Waals surface area contributed by atoms with Crippen LogP contribution in [0.25, 0.3) is 0 Å². The van der Waals surface area contributed by atoms with E-state index in [9.17, 15) is 4.79 Å². The molecule has 2 aliphatic heterocycles. The highest BCUT2D eigenvalue weighted by Crippen LogP contribution is 2.26. The summed E-state index contributed by atoms with van der Waals surface area (Å²) in [6.07, 6.45) is 1.65. The zero-order chi connectivity index (χ0) is 17.4. The van der Waals surface area contributed by atoms with Gasteiger partial charge in [0.05, 0.1) is 19.2 Å². The minimum Gasteiger partial charge on any atom is -0.464 e. The maximum Gasteiger partial charge on any atom is 0.318 e. The van der Waals surface area contributed by atoms with E-state index in [2.05, 4.69) is 15.4 Å². The second kappa shape index (κ2) is 6.51. The smallest absolute Gasteiger partial charge is 0.318 e. The third-order valence-electron chi connectivity index (χ3n) is 4.71. The predicted molar refractivity (Wildman–Crippen MR) is 89.0 cm³/mol. The number of aryl methyl sites for hydroxylation is 3. The standard InChI is InChI=1S/C17H23N5O3/c1-11-5-6-14(25-11)15-10-21(8-9-24-15)17(23)19-13-4-3-7-22-16(13)18-12(2)20-22/h5-6,13,15H,3-4,7-10H2,1-2H3,(H,19,23)/t13-,15-/m0/s1. The number of ether oxygens (including phenoxy) is 1. The molecule has 1 fully saturated rings. The first kappa shape index (κ1) is 16.1. The van der Waals surface area contributed by atoms with Gasteiger partial charge in [-0.2, -0.15) is 5.10 Å². The number of hydrogen-bond acceptors (Lipinski definition) is 5. The van der Waals surface area contributed by atoms with Crippen molar-refractivity contribution in [2.75, 3.05) is 19.7 Å². The van der Waals surface area contributed by atoms with E-state index >= 15 is 0 Å². The zero-order valence-corrected chi connectivity index (χ0v) is 14.6. The Kier molecular flexibility index (Phi) is 4.20. The first-order valence-corrected chi connectivity index (χ1v) is 8.75. The molecule has 0 aromatic carbocycles. The van der Waals surface area contributed by atoms with Crippen LogP contribution in [0, 0.1) is 13.8 Å².